The van der Waals surface area contributed by atoms with Crippen molar-refractivity contribution in [2.75, 3.05) is 11.9 Å². The molecule has 23 heavy (non-hydrogen) atoms. The molecule has 0 saturated carbocycles. The molecule has 0 aliphatic carbocycles. The van der Waals surface area contributed by atoms with Crippen LogP contribution in [0.1, 0.15) is 11.7 Å². The number of hydrogen-bond acceptors (Lipinski definition) is 6. The van der Waals surface area contributed by atoms with Crippen molar-refractivity contribution in [3.8, 4) is 0 Å². The average Bonchev–Trinajstić information content (AvgIpc) is 3.05. The second-order valence-corrected chi connectivity index (χ2v) is 5.61. The SMILES string of the molecule is O=C(Nc1cccs1)N[C@H](CO)[C@@H](O)c1ccc([N+](=O)[O-])cc1. The summed E-state index contributed by atoms with van der Waals surface area (Å²) in [5.74, 6) is 0. The number of thiophene rings is 1. The predicted octanol–water partition coefficient (Wildman–Crippen LogP) is 1.87. The predicted molar refractivity (Wildman–Crippen MR) is 85.4 cm³/mol. The quantitative estimate of drug-likeness (QED) is 0.473. The number of non-ortho nitro benzene ring substituents is 1. The molecule has 4 N–H and O–H groups in total. The second-order valence-electron chi connectivity index (χ2n) is 4.66. The molecule has 2 amide bonds. The van der Waals surface area contributed by atoms with Crippen molar-refractivity contribution < 1.29 is 19.9 Å². The highest BCUT2D eigenvalue weighted by Gasteiger charge is 2.23. The molecule has 2 rings (SSSR count). The summed E-state index contributed by atoms with van der Waals surface area (Å²) in [6.07, 6.45) is -1.20. The number of nitro benzene ring substituents is 1. The van der Waals surface area contributed by atoms with Gasteiger partial charge in [-0.1, -0.05) is 0 Å². The van der Waals surface area contributed by atoms with Crippen molar-refractivity contribution in [2.45, 2.75) is 12.1 Å². The monoisotopic (exact) mass is 337 g/mol. The lowest BCUT2D eigenvalue weighted by Crippen LogP contribution is -2.43. The Morgan fingerprint density at radius 2 is 2.00 bits per heavy atom. The zero-order valence-corrected chi connectivity index (χ0v) is 12.7. The normalized spacial score (nSPS) is 13.1. The summed E-state index contributed by atoms with van der Waals surface area (Å²) in [6.45, 7) is -0.490. The van der Waals surface area contributed by atoms with Crippen molar-refractivity contribution in [1.29, 1.82) is 0 Å². The van der Waals surface area contributed by atoms with Crippen molar-refractivity contribution in [3.05, 3.63) is 57.5 Å². The molecular formula is C14H15N3O5S. The number of nitrogens with zero attached hydrogens (tertiary/aromatic N) is 1. The fourth-order valence-corrected chi connectivity index (χ4v) is 2.53. The summed E-state index contributed by atoms with van der Waals surface area (Å²) in [6, 6.07) is 7.23. The Bertz CT molecular complexity index is 660. The molecule has 2 aromatic rings. The number of carbonyl (C=O) groups excluding carboxylic acids is 1. The number of anilines is 1. The maximum atomic E-state index is 11.8. The van der Waals surface area contributed by atoms with Gasteiger partial charge in [0.05, 0.1) is 22.6 Å². The number of nitrogens with one attached hydrogen (secondary N) is 2. The molecule has 0 spiro atoms. The lowest BCUT2D eigenvalue weighted by atomic mass is 10.0. The fourth-order valence-electron chi connectivity index (χ4n) is 1.92. The Hall–Kier alpha value is -2.49. The van der Waals surface area contributed by atoms with Crippen LogP contribution < -0.4 is 10.6 Å². The van der Waals surface area contributed by atoms with Crippen LogP contribution in [0.2, 0.25) is 0 Å². The van der Waals surface area contributed by atoms with Crippen LogP contribution in [-0.4, -0.2) is 33.8 Å². The lowest BCUT2D eigenvalue weighted by molar-refractivity contribution is -0.384. The highest BCUT2D eigenvalue weighted by Crippen LogP contribution is 2.21. The molecule has 0 fully saturated rings. The van der Waals surface area contributed by atoms with E-state index >= 15 is 0 Å². The van der Waals surface area contributed by atoms with Crippen molar-refractivity contribution in [3.63, 3.8) is 0 Å². The molecule has 0 bridgehead atoms. The first-order valence-corrected chi connectivity index (χ1v) is 7.53. The lowest BCUT2D eigenvalue weighted by Gasteiger charge is -2.22. The molecule has 0 radical (unpaired) electrons. The largest absolute Gasteiger partial charge is 0.394 e. The molecule has 9 heteroatoms. The molecule has 1 aromatic carbocycles. The average molecular weight is 337 g/mol. The molecule has 0 unspecified atom stereocenters. The molecule has 1 heterocycles. The minimum Gasteiger partial charge on any atom is -0.394 e. The van der Waals surface area contributed by atoms with E-state index in [1.165, 1.54) is 35.6 Å². The van der Waals surface area contributed by atoms with Gasteiger partial charge in [0, 0.05) is 12.1 Å². The topological polar surface area (TPSA) is 125 Å². The second kappa shape index (κ2) is 7.68. The van der Waals surface area contributed by atoms with E-state index < -0.39 is 29.7 Å². The number of benzene rings is 1. The minimum atomic E-state index is -1.20. The van der Waals surface area contributed by atoms with Crippen LogP contribution in [0.4, 0.5) is 15.5 Å². The Morgan fingerprint density at radius 1 is 1.30 bits per heavy atom. The number of aliphatic hydroxyl groups is 2. The number of rotatable bonds is 6. The highest BCUT2D eigenvalue weighted by atomic mass is 32.1. The first kappa shape index (κ1) is 16.9. The van der Waals surface area contributed by atoms with Gasteiger partial charge in [-0.15, -0.1) is 11.3 Å². The van der Waals surface area contributed by atoms with Crippen LogP contribution in [0.15, 0.2) is 41.8 Å². The van der Waals surface area contributed by atoms with Crippen molar-refractivity contribution >= 4 is 28.1 Å². The smallest absolute Gasteiger partial charge is 0.320 e. The van der Waals surface area contributed by atoms with Crippen LogP contribution in [-0.2, 0) is 0 Å². The van der Waals surface area contributed by atoms with Gasteiger partial charge in [0.1, 0.15) is 6.10 Å². The summed E-state index contributed by atoms with van der Waals surface area (Å²) in [5.41, 5.74) is 0.246. The third kappa shape index (κ3) is 4.49. The standard InChI is InChI=1S/C14H15N3O5S/c18-8-11(15-14(20)16-12-2-1-7-23-12)13(19)9-3-5-10(6-4-9)17(21)22/h1-7,11,13,18-19H,8H2,(H2,15,16,20)/t11-,13+/m1/s1. The molecular weight excluding hydrogens is 322 g/mol. The van der Waals surface area contributed by atoms with E-state index in [2.05, 4.69) is 10.6 Å². The van der Waals surface area contributed by atoms with Crippen LogP contribution >= 0.6 is 11.3 Å². The maximum absolute atomic E-state index is 11.8. The third-order valence-electron chi connectivity index (χ3n) is 3.10. The number of urea groups is 1. The summed E-state index contributed by atoms with van der Waals surface area (Å²) < 4.78 is 0. The van der Waals surface area contributed by atoms with E-state index in [9.17, 15) is 25.1 Å². The fraction of sp³-hybridized carbons (Fsp3) is 0.214. The summed E-state index contributed by atoms with van der Waals surface area (Å²) >= 11 is 1.33. The van der Waals surface area contributed by atoms with Crippen molar-refractivity contribution in [2.24, 2.45) is 0 Å². The van der Waals surface area contributed by atoms with Gasteiger partial charge in [-0.25, -0.2) is 4.79 Å². The van der Waals surface area contributed by atoms with Crippen LogP contribution in [0.25, 0.3) is 0 Å². The van der Waals surface area contributed by atoms with E-state index in [4.69, 9.17) is 0 Å². The number of aliphatic hydroxyl groups excluding tert-OH is 2. The van der Waals surface area contributed by atoms with Gasteiger partial charge in [0.15, 0.2) is 0 Å². The number of carbonyl (C=O) groups is 1. The van der Waals surface area contributed by atoms with Crippen LogP contribution in [0.5, 0.6) is 0 Å². The van der Waals surface area contributed by atoms with Gasteiger partial charge in [0.25, 0.3) is 5.69 Å². The van der Waals surface area contributed by atoms with E-state index in [1.807, 2.05) is 0 Å². The highest BCUT2D eigenvalue weighted by molar-refractivity contribution is 7.14. The van der Waals surface area contributed by atoms with E-state index in [-0.39, 0.29) is 5.69 Å². The zero-order valence-electron chi connectivity index (χ0n) is 11.9. The Kier molecular flexibility index (Phi) is 5.63. The molecule has 0 saturated heterocycles. The molecule has 0 aliphatic heterocycles. The first-order valence-electron chi connectivity index (χ1n) is 6.65. The van der Waals surface area contributed by atoms with Gasteiger partial charge in [0.2, 0.25) is 0 Å². The van der Waals surface area contributed by atoms with Gasteiger partial charge in [-0.2, -0.15) is 0 Å². The van der Waals surface area contributed by atoms with E-state index in [0.717, 1.165) is 0 Å². The molecule has 122 valence electrons. The zero-order chi connectivity index (χ0) is 16.8. The van der Waals surface area contributed by atoms with Gasteiger partial charge in [-0.3, -0.25) is 15.4 Å². The molecule has 2 atom stereocenters. The summed E-state index contributed by atoms with van der Waals surface area (Å²) in [7, 11) is 0. The molecule has 8 nitrogen and oxygen atoms in total. The third-order valence-corrected chi connectivity index (χ3v) is 3.88. The van der Waals surface area contributed by atoms with Crippen molar-refractivity contribution in [1.82, 2.24) is 5.32 Å². The van der Waals surface area contributed by atoms with Crippen LogP contribution in [0, 0.1) is 10.1 Å². The Balaban J connectivity index is 2.01. The number of nitro groups is 1. The number of amides is 2. The van der Waals surface area contributed by atoms with Crippen LogP contribution in [0.3, 0.4) is 0 Å². The van der Waals surface area contributed by atoms with E-state index in [0.29, 0.717) is 10.6 Å². The minimum absolute atomic E-state index is 0.107. The number of hydrogen-bond donors (Lipinski definition) is 4. The summed E-state index contributed by atoms with van der Waals surface area (Å²) in [5, 5.41) is 37.7. The first-order chi connectivity index (χ1) is 11.0. The Morgan fingerprint density at radius 3 is 2.52 bits per heavy atom. The van der Waals surface area contributed by atoms with Gasteiger partial charge in [-0.05, 0) is 35.2 Å². The molecule has 1 aromatic heterocycles. The molecule has 0 aliphatic rings. The van der Waals surface area contributed by atoms with Gasteiger partial charge < -0.3 is 15.5 Å². The Labute approximate surface area is 135 Å². The van der Waals surface area contributed by atoms with Gasteiger partial charge >= 0.3 is 6.03 Å². The maximum Gasteiger partial charge on any atom is 0.320 e. The van der Waals surface area contributed by atoms with E-state index in [1.54, 1.807) is 17.5 Å². The summed E-state index contributed by atoms with van der Waals surface area (Å²) in [4.78, 5) is 21.9.